The largest absolute Gasteiger partial charge is 0.393 e. The van der Waals surface area contributed by atoms with E-state index in [1.807, 2.05) is 0 Å². The van der Waals surface area contributed by atoms with Crippen LogP contribution in [0.2, 0.25) is 0 Å². The summed E-state index contributed by atoms with van der Waals surface area (Å²) >= 11 is 0. The molecule has 8 aliphatic carbocycles. The predicted molar refractivity (Wildman–Crippen MR) is 173 cm³/mol. The molecule has 8 fully saturated rings. The van der Waals surface area contributed by atoms with E-state index >= 15 is 0 Å². The zero-order valence-electron chi connectivity index (χ0n) is 27.9. The SMILES string of the molecule is C=C1C[C@@]2(C)[C@@H](CC[C@@H]3[C@@H]2CC[C@]2(C)C(O)CC[C@@H]32)CC1=O.C=C1C[C@]2(C)C3CC[C@]4(C)CCCC4C3CC[C@H]2CC1=O. The fourth-order valence-corrected chi connectivity index (χ4v) is 14.1. The van der Waals surface area contributed by atoms with Crippen LogP contribution in [-0.2, 0) is 9.59 Å². The number of aliphatic hydroxyl groups excluding tert-OH is 1. The molecule has 0 heterocycles. The van der Waals surface area contributed by atoms with Gasteiger partial charge >= 0.3 is 0 Å². The molecule has 0 aromatic carbocycles. The lowest BCUT2D eigenvalue weighted by molar-refractivity contribution is -0.134. The molecule has 0 aliphatic heterocycles. The maximum absolute atomic E-state index is 12.1. The average Bonchev–Trinajstić information content (AvgIpc) is 3.50. The van der Waals surface area contributed by atoms with Gasteiger partial charge in [0.05, 0.1) is 6.10 Å². The Labute approximate surface area is 262 Å². The van der Waals surface area contributed by atoms with Crippen molar-refractivity contribution in [2.75, 3.05) is 0 Å². The molecule has 13 atom stereocenters. The zero-order valence-corrected chi connectivity index (χ0v) is 27.9. The molecule has 4 unspecified atom stereocenters. The lowest BCUT2D eigenvalue weighted by atomic mass is 9.45. The molecule has 0 amide bonds. The minimum atomic E-state index is -0.0909. The van der Waals surface area contributed by atoms with E-state index in [1.165, 1.54) is 77.0 Å². The monoisotopic (exact) mass is 588 g/mol. The quantitative estimate of drug-likeness (QED) is 0.287. The Kier molecular flexibility index (Phi) is 7.36. The highest BCUT2D eigenvalue weighted by Gasteiger charge is 2.61. The van der Waals surface area contributed by atoms with E-state index in [4.69, 9.17) is 0 Å². The number of rotatable bonds is 0. The second-order valence-electron chi connectivity index (χ2n) is 18.4. The van der Waals surface area contributed by atoms with Gasteiger partial charge in [0.25, 0.3) is 0 Å². The van der Waals surface area contributed by atoms with Gasteiger partial charge in [0.2, 0.25) is 0 Å². The summed E-state index contributed by atoms with van der Waals surface area (Å²) in [6.07, 6.45) is 20.4. The Morgan fingerprint density at radius 1 is 0.581 bits per heavy atom. The summed E-state index contributed by atoms with van der Waals surface area (Å²) in [5.74, 6) is 6.86. The standard InChI is InChI=1S/C20H30O2.C20H30O/c1-12-11-20(3)13(10-17(12)21)4-5-14-15-6-7-18(22)19(15,2)9-8-16(14)20;1-13-12-20(3)14(11-18(13)21)6-7-15-16-5-4-9-19(16,2)10-8-17(15)20/h13-16,18,22H,1,4-11H2,2-3H3;14-17H,1,4-12H2,2-3H3/t13-,14-,15-,16-,18?,19-,20-;14-,15?,16?,17?,19-,20-/m00/s1. The van der Waals surface area contributed by atoms with Crippen molar-refractivity contribution in [2.45, 2.75) is 143 Å². The molecule has 8 rings (SSSR count). The van der Waals surface area contributed by atoms with E-state index in [9.17, 15) is 14.7 Å². The molecule has 0 radical (unpaired) electrons. The highest BCUT2D eigenvalue weighted by Crippen LogP contribution is 2.67. The van der Waals surface area contributed by atoms with E-state index in [0.717, 1.165) is 72.8 Å². The van der Waals surface area contributed by atoms with Crippen LogP contribution >= 0.6 is 0 Å². The summed E-state index contributed by atoms with van der Waals surface area (Å²) in [7, 11) is 0. The van der Waals surface area contributed by atoms with Gasteiger partial charge in [-0.2, -0.15) is 0 Å². The van der Waals surface area contributed by atoms with E-state index < -0.39 is 0 Å². The molecule has 0 aromatic heterocycles. The van der Waals surface area contributed by atoms with Crippen molar-refractivity contribution in [1.29, 1.82) is 0 Å². The molecule has 1 N–H and O–H groups in total. The number of ketones is 2. The Balaban J connectivity index is 0.000000140. The number of Topliss-reactive ketones (excluding diaryl/α,β-unsaturated/α-hetero) is 2. The van der Waals surface area contributed by atoms with Crippen LogP contribution in [-0.4, -0.2) is 22.8 Å². The summed E-state index contributed by atoms with van der Waals surface area (Å²) in [5, 5.41) is 10.5. The predicted octanol–water partition coefficient (Wildman–Crippen LogP) is 9.28. The summed E-state index contributed by atoms with van der Waals surface area (Å²) in [4.78, 5) is 24.2. The van der Waals surface area contributed by atoms with E-state index in [-0.39, 0.29) is 16.9 Å². The van der Waals surface area contributed by atoms with Crippen molar-refractivity contribution in [3.05, 3.63) is 24.3 Å². The number of allylic oxidation sites excluding steroid dienone is 2. The summed E-state index contributed by atoms with van der Waals surface area (Å²) in [6.45, 7) is 18.0. The molecule has 0 aromatic rings. The van der Waals surface area contributed by atoms with E-state index in [2.05, 4.69) is 40.9 Å². The van der Waals surface area contributed by atoms with Gasteiger partial charge < -0.3 is 5.11 Å². The van der Waals surface area contributed by atoms with Crippen molar-refractivity contribution in [3.8, 4) is 0 Å². The van der Waals surface area contributed by atoms with Crippen molar-refractivity contribution in [2.24, 2.45) is 69.0 Å². The van der Waals surface area contributed by atoms with Crippen LogP contribution in [0.5, 0.6) is 0 Å². The number of carbonyl (C=O) groups is 2. The minimum absolute atomic E-state index is 0.0909. The maximum Gasteiger partial charge on any atom is 0.158 e. The molecule has 3 heteroatoms. The lowest BCUT2D eigenvalue weighted by Gasteiger charge is -2.60. The second kappa shape index (κ2) is 10.4. The van der Waals surface area contributed by atoms with Crippen LogP contribution in [0.3, 0.4) is 0 Å². The molecule has 0 saturated heterocycles. The zero-order chi connectivity index (χ0) is 30.5. The Hall–Kier alpha value is -1.22. The van der Waals surface area contributed by atoms with Gasteiger partial charge in [-0.05, 0) is 170 Å². The Bertz CT molecular complexity index is 1200. The molecule has 3 nitrogen and oxygen atoms in total. The third kappa shape index (κ3) is 4.50. The van der Waals surface area contributed by atoms with Crippen LogP contribution in [0.25, 0.3) is 0 Å². The third-order valence-corrected chi connectivity index (χ3v) is 16.7. The van der Waals surface area contributed by atoms with Gasteiger partial charge in [0.15, 0.2) is 11.6 Å². The highest BCUT2D eigenvalue weighted by atomic mass is 16.3. The van der Waals surface area contributed by atoms with E-state index in [0.29, 0.717) is 40.2 Å². The maximum atomic E-state index is 12.1. The van der Waals surface area contributed by atoms with E-state index in [1.54, 1.807) is 0 Å². The van der Waals surface area contributed by atoms with Crippen molar-refractivity contribution in [1.82, 2.24) is 0 Å². The summed E-state index contributed by atoms with van der Waals surface area (Å²) < 4.78 is 0. The van der Waals surface area contributed by atoms with Gasteiger partial charge in [0.1, 0.15) is 0 Å². The van der Waals surface area contributed by atoms with Gasteiger partial charge in [-0.15, -0.1) is 0 Å². The Morgan fingerprint density at radius 3 is 1.67 bits per heavy atom. The number of hydrogen-bond acceptors (Lipinski definition) is 3. The van der Waals surface area contributed by atoms with Crippen LogP contribution in [0.4, 0.5) is 0 Å². The van der Waals surface area contributed by atoms with Crippen LogP contribution < -0.4 is 0 Å². The van der Waals surface area contributed by atoms with Crippen molar-refractivity contribution >= 4 is 11.6 Å². The van der Waals surface area contributed by atoms with Crippen molar-refractivity contribution in [3.63, 3.8) is 0 Å². The normalized spacial score (nSPS) is 53.8. The lowest BCUT2D eigenvalue weighted by Crippen LogP contribution is -2.54. The topological polar surface area (TPSA) is 54.4 Å². The second-order valence-corrected chi connectivity index (χ2v) is 18.4. The molecule has 0 spiro atoms. The fraction of sp³-hybridized carbons (Fsp3) is 0.850. The fourth-order valence-electron chi connectivity index (χ4n) is 14.1. The Morgan fingerprint density at radius 2 is 1.09 bits per heavy atom. The third-order valence-electron chi connectivity index (χ3n) is 16.7. The molecular formula is C40H60O3. The van der Waals surface area contributed by atoms with Gasteiger partial charge in [-0.1, -0.05) is 47.3 Å². The van der Waals surface area contributed by atoms with Crippen LogP contribution in [0, 0.1) is 69.0 Å². The molecule has 0 bridgehead atoms. The molecule has 8 saturated carbocycles. The smallest absolute Gasteiger partial charge is 0.158 e. The first kappa shape index (κ1) is 30.4. The molecule has 43 heavy (non-hydrogen) atoms. The first-order valence-corrected chi connectivity index (χ1v) is 18.4. The number of hydrogen-bond donors (Lipinski definition) is 1. The van der Waals surface area contributed by atoms with Gasteiger partial charge in [-0.3, -0.25) is 9.59 Å². The van der Waals surface area contributed by atoms with Crippen LogP contribution in [0.15, 0.2) is 24.3 Å². The average molecular weight is 589 g/mol. The first-order chi connectivity index (χ1) is 20.3. The molecule has 238 valence electrons. The van der Waals surface area contributed by atoms with Gasteiger partial charge in [0, 0.05) is 12.8 Å². The van der Waals surface area contributed by atoms with Gasteiger partial charge in [-0.25, -0.2) is 0 Å². The summed E-state index contributed by atoms with van der Waals surface area (Å²) in [5.41, 5.74) is 3.26. The number of carbonyl (C=O) groups excluding carboxylic acids is 2. The molecule has 8 aliphatic rings. The number of aliphatic hydroxyl groups is 1. The summed E-state index contributed by atoms with van der Waals surface area (Å²) in [6, 6.07) is 0. The minimum Gasteiger partial charge on any atom is -0.393 e. The van der Waals surface area contributed by atoms with Crippen LogP contribution in [0.1, 0.15) is 137 Å². The number of fused-ring (bicyclic) bond motifs is 10. The first-order valence-electron chi connectivity index (χ1n) is 18.4. The highest BCUT2D eigenvalue weighted by molar-refractivity contribution is 5.96. The molecular weight excluding hydrogens is 528 g/mol. The van der Waals surface area contributed by atoms with Crippen molar-refractivity contribution < 1.29 is 14.7 Å².